The third kappa shape index (κ3) is 4.38. The number of anilines is 2. The summed E-state index contributed by atoms with van der Waals surface area (Å²) in [4.78, 5) is 18.3. The Morgan fingerprint density at radius 1 is 1.00 bits per heavy atom. The number of amides is 1. The maximum absolute atomic E-state index is 13.6. The predicted molar refractivity (Wildman–Crippen MR) is 140 cm³/mol. The zero-order valence-electron chi connectivity index (χ0n) is 19.9. The van der Waals surface area contributed by atoms with Gasteiger partial charge in [0.25, 0.3) is 5.91 Å². The Morgan fingerprint density at radius 3 is 2.50 bits per heavy atom. The Morgan fingerprint density at radius 2 is 1.78 bits per heavy atom. The van der Waals surface area contributed by atoms with Crippen molar-refractivity contribution >= 4 is 29.1 Å². The van der Waals surface area contributed by atoms with Crippen molar-refractivity contribution in [3.05, 3.63) is 94.7 Å². The van der Waals surface area contributed by atoms with E-state index in [1.165, 1.54) is 0 Å². The van der Waals surface area contributed by atoms with E-state index in [1.54, 1.807) is 31.0 Å². The molecule has 1 amide bonds. The van der Waals surface area contributed by atoms with Crippen LogP contribution in [0.15, 0.2) is 84.1 Å². The molecule has 5 rings (SSSR count). The van der Waals surface area contributed by atoms with Gasteiger partial charge in [-0.25, -0.2) is 4.68 Å². The molecular weight excluding hydrogens is 478 g/mol. The molecule has 0 bridgehead atoms. The number of halogens is 1. The van der Waals surface area contributed by atoms with Gasteiger partial charge in [0, 0.05) is 22.0 Å². The zero-order chi connectivity index (χ0) is 25.2. The van der Waals surface area contributed by atoms with E-state index in [4.69, 9.17) is 31.2 Å². The second-order valence-corrected chi connectivity index (χ2v) is 8.65. The highest BCUT2D eigenvalue weighted by molar-refractivity contribution is 6.30. The number of carbonyl (C=O) groups is 1. The van der Waals surface area contributed by atoms with E-state index < -0.39 is 6.04 Å². The maximum atomic E-state index is 13.6. The quantitative estimate of drug-likeness (QED) is 0.360. The fourth-order valence-electron chi connectivity index (χ4n) is 4.25. The van der Waals surface area contributed by atoms with Gasteiger partial charge in [-0.1, -0.05) is 48.0 Å². The largest absolute Gasteiger partial charge is 0.493 e. The van der Waals surface area contributed by atoms with Crippen LogP contribution in [0.1, 0.15) is 18.5 Å². The molecule has 182 valence electrons. The van der Waals surface area contributed by atoms with E-state index in [2.05, 4.69) is 10.6 Å². The molecule has 2 heterocycles. The summed E-state index contributed by atoms with van der Waals surface area (Å²) >= 11 is 6.21. The monoisotopic (exact) mass is 501 g/mol. The fraction of sp³-hybridized carbons (Fsp3) is 0.148. The lowest BCUT2D eigenvalue weighted by atomic mass is 9.94. The van der Waals surface area contributed by atoms with Crippen molar-refractivity contribution in [1.82, 2.24) is 14.8 Å². The van der Waals surface area contributed by atoms with E-state index in [0.717, 1.165) is 11.1 Å². The maximum Gasteiger partial charge on any atom is 0.255 e. The van der Waals surface area contributed by atoms with Gasteiger partial charge in [-0.2, -0.15) is 4.98 Å². The van der Waals surface area contributed by atoms with E-state index in [9.17, 15) is 4.79 Å². The molecular formula is C27H24ClN5O3. The molecule has 0 saturated carbocycles. The lowest BCUT2D eigenvalue weighted by molar-refractivity contribution is -0.113. The Hall–Kier alpha value is -4.30. The number of methoxy groups -OCH3 is 2. The number of hydrogen-bond acceptors (Lipinski definition) is 6. The van der Waals surface area contributed by atoms with Crippen LogP contribution in [0, 0.1) is 0 Å². The average Bonchev–Trinajstić information content (AvgIpc) is 3.31. The molecule has 1 unspecified atom stereocenters. The summed E-state index contributed by atoms with van der Waals surface area (Å²) in [5, 5.41) is 11.6. The SMILES string of the molecule is COc1ccc(C2C(C(=O)Nc3ccccc3)=C(C)Nc3nc(-c4cccc(Cl)c4)nn32)cc1OC. The molecule has 2 N–H and O–H groups in total. The number of nitrogens with one attached hydrogen (secondary N) is 2. The topological polar surface area (TPSA) is 90.3 Å². The molecule has 1 aliphatic heterocycles. The summed E-state index contributed by atoms with van der Waals surface area (Å²) in [6, 6.07) is 21.6. The highest BCUT2D eigenvalue weighted by Crippen LogP contribution is 2.40. The Bertz CT molecular complexity index is 1470. The van der Waals surface area contributed by atoms with Gasteiger partial charge in [-0.15, -0.1) is 5.10 Å². The third-order valence-corrected chi connectivity index (χ3v) is 6.17. The molecule has 1 aliphatic rings. The molecule has 0 fully saturated rings. The number of para-hydroxylation sites is 1. The van der Waals surface area contributed by atoms with Gasteiger partial charge >= 0.3 is 0 Å². The summed E-state index contributed by atoms with van der Waals surface area (Å²) in [5.41, 5.74) is 3.42. The number of allylic oxidation sites excluding steroid dienone is 1. The van der Waals surface area contributed by atoms with Gasteiger partial charge in [-0.3, -0.25) is 4.79 Å². The van der Waals surface area contributed by atoms with Crippen molar-refractivity contribution in [2.45, 2.75) is 13.0 Å². The Kier molecular flexibility index (Phi) is 6.35. The molecule has 4 aromatic rings. The highest BCUT2D eigenvalue weighted by Gasteiger charge is 2.35. The van der Waals surface area contributed by atoms with Crippen molar-refractivity contribution in [1.29, 1.82) is 0 Å². The zero-order valence-corrected chi connectivity index (χ0v) is 20.7. The number of rotatable bonds is 6. The van der Waals surface area contributed by atoms with Crippen LogP contribution >= 0.6 is 11.6 Å². The average molecular weight is 502 g/mol. The van der Waals surface area contributed by atoms with E-state index >= 15 is 0 Å². The normalized spacial score (nSPS) is 14.6. The lowest BCUT2D eigenvalue weighted by Gasteiger charge is -2.29. The number of aromatic nitrogens is 3. The molecule has 1 atom stereocenters. The van der Waals surface area contributed by atoms with E-state index in [1.807, 2.05) is 67.6 Å². The second-order valence-electron chi connectivity index (χ2n) is 8.21. The molecule has 0 radical (unpaired) electrons. The summed E-state index contributed by atoms with van der Waals surface area (Å²) in [6.07, 6.45) is 0. The smallest absolute Gasteiger partial charge is 0.255 e. The Balaban J connectivity index is 1.64. The first-order chi connectivity index (χ1) is 17.5. The molecule has 3 aromatic carbocycles. The van der Waals surface area contributed by atoms with Crippen molar-refractivity contribution in [2.24, 2.45) is 0 Å². The van der Waals surface area contributed by atoms with Gasteiger partial charge in [0.15, 0.2) is 17.3 Å². The molecule has 8 nitrogen and oxygen atoms in total. The first-order valence-corrected chi connectivity index (χ1v) is 11.6. The summed E-state index contributed by atoms with van der Waals surface area (Å²) < 4.78 is 12.7. The summed E-state index contributed by atoms with van der Waals surface area (Å²) in [5.74, 6) is 1.88. The van der Waals surface area contributed by atoms with Gasteiger partial charge < -0.3 is 20.1 Å². The number of ether oxygens (including phenoxy) is 2. The predicted octanol–water partition coefficient (Wildman–Crippen LogP) is 5.54. The van der Waals surface area contributed by atoms with Crippen LogP contribution in [-0.4, -0.2) is 34.9 Å². The molecule has 0 aliphatic carbocycles. The van der Waals surface area contributed by atoms with Gasteiger partial charge in [0.2, 0.25) is 5.95 Å². The minimum absolute atomic E-state index is 0.253. The van der Waals surface area contributed by atoms with Crippen LogP contribution in [0.2, 0.25) is 5.02 Å². The number of fused-ring (bicyclic) bond motifs is 1. The molecule has 9 heteroatoms. The van der Waals surface area contributed by atoms with Crippen LogP contribution in [0.3, 0.4) is 0 Å². The third-order valence-electron chi connectivity index (χ3n) is 5.94. The van der Waals surface area contributed by atoms with E-state index in [-0.39, 0.29) is 5.91 Å². The summed E-state index contributed by atoms with van der Waals surface area (Å²) in [7, 11) is 3.16. The molecule has 36 heavy (non-hydrogen) atoms. The minimum atomic E-state index is -0.579. The van der Waals surface area contributed by atoms with Crippen LogP contribution in [0.25, 0.3) is 11.4 Å². The van der Waals surface area contributed by atoms with Gasteiger partial charge in [0.05, 0.1) is 19.8 Å². The van der Waals surface area contributed by atoms with Crippen molar-refractivity contribution in [2.75, 3.05) is 24.9 Å². The second kappa shape index (κ2) is 9.75. The number of carbonyl (C=O) groups excluding carboxylic acids is 1. The first kappa shape index (κ1) is 23.4. The van der Waals surface area contributed by atoms with Crippen molar-refractivity contribution in [3.63, 3.8) is 0 Å². The van der Waals surface area contributed by atoms with Crippen molar-refractivity contribution in [3.8, 4) is 22.9 Å². The molecule has 0 saturated heterocycles. The highest BCUT2D eigenvalue weighted by atomic mass is 35.5. The van der Waals surface area contributed by atoms with Gasteiger partial charge in [-0.05, 0) is 48.9 Å². The van der Waals surface area contributed by atoms with Crippen LogP contribution in [-0.2, 0) is 4.79 Å². The van der Waals surface area contributed by atoms with Crippen molar-refractivity contribution < 1.29 is 14.3 Å². The molecule has 0 spiro atoms. The van der Waals surface area contributed by atoms with Gasteiger partial charge in [0.1, 0.15) is 6.04 Å². The standard InChI is InChI=1S/C27H24ClN5O3/c1-16-23(26(34)30-20-10-5-4-6-11-20)24(17-12-13-21(35-2)22(15-17)36-3)33-27(29-16)31-25(32-33)18-8-7-9-19(28)14-18/h4-15,24H,1-3H3,(H,30,34)(H,29,31,32). The number of hydrogen-bond donors (Lipinski definition) is 2. The van der Waals surface area contributed by atoms with Crippen LogP contribution in [0.5, 0.6) is 11.5 Å². The molecule has 1 aromatic heterocycles. The lowest BCUT2D eigenvalue weighted by Crippen LogP contribution is -2.31. The summed E-state index contributed by atoms with van der Waals surface area (Å²) in [6.45, 7) is 1.85. The number of benzene rings is 3. The number of nitrogens with zero attached hydrogens (tertiary/aromatic N) is 3. The van der Waals surface area contributed by atoms with E-state index in [0.29, 0.717) is 45.3 Å². The minimum Gasteiger partial charge on any atom is -0.493 e. The fourth-order valence-corrected chi connectivity index (χ4v) is 4.44. The first-order valence-electron chi connectivity index (χ1n) is 11.3. The van der Waals surface area contributed by atoms with Crippen LogP contribution in [0.4, 0.5) is 11.6 Å². The Labute approximate surface area is 213 Å². The van der Waals surface area contributed by atoms with Crippen LogP contribution < -0.4 is 20.1 Å².